The summed E-state index contributed by atoms with van der Waals surface area (Å²) in [5.41, 5.74) is 4.09. The van der Waals surface area contributed by atoms with Gasteiger partial charge in [-0.2, -0.15) is 0 Å². The van der Waals surface area contributed by atoms with Crippen molar-refractivity contribution in [1.82, 2.24) is 9.80 Å². The summed E-state index contributed by atoms with van der Waals surface area (Å²) >= 11 is 3.49. The molecule has 1 fully saturated rings. The number of carbonyl (C=O) groups excluding carboxylic acids is 1. The fourth-order valence-electron chi connectivity index (χ4n) is 4.28. The molecule has 2 heterocycles. The molecule has 0 radical (unpaired) electrons. The average Bonchev–Trinajstić information content (AvgIpc) is 2.71. The molecule has 2 aliphatic rings. The largest absolute Gasteiger partial charge is 0.338 e. The SMILES string of the molecule is O=C(CC1CCN(Cc2ccc(Br)cc2)CC1)N1CCc2ccccc2C1. The molecular formula is C23H27BrN2O. The maximum atomic E-state index is 12.8. The lowest BCUT2D eigenvalue weighted by molar-refractivity contribution is -0.133. The van der Waals surface area contributed by atoms with Crippen molar-refractivity contribution in [2.75, 3.05) is 19.6 Å². The molecule has 0 unspecified atom stereocenters. The van der Waals surface area contributed by atoms with Gasteiger partial charge < -0.3 is 4.90 Å². The van der Waals surface area contributed by atoms with Crippen molar-refractivity contribution >= 4 is 21.8 Å². The van der Waals surface area contributed by atoms with E-state index in [1.807, 2.05) is 0 Å². The minimum Gasteiger partial charge on any atom is -0.338 e. The third-order valence-electron chi connectivity index (χ3n) is 5.97. The van der Waals surface area contributed by atoms with Crippen molar-refractivity contribution in [2.24, 2.45) is 5.92 Å². The first-order valence-electron chi connectivity index (χ1n) is 9.99. The van der Waals surface area contributed by atoms with Crippen LogP contribution in [0, 0.1) is 5.92 Å². The van der Waals surface area contributed by atoms with E-state index in [-0.39, 0.29) is 0 Å². The van der Waals surface area contributed by atoms with Gasteiger partial charge in [-0.25, -0.2) is 0 Å². The van der Waals surface area contributed by atoms with Crippen LogP contribution in [-0.2, 0) is 24.3 Å². The Labute approximate surface area is 170 Å². The highest BCUT2D eigenvalue weighted by molar-refractivity contribution is 9.10. The van der Waals surface area contributed by atoms with E-state index in [1.54, 1.807) is 0 Å². The van der Waals surface area contributed by atoms with Crippen LogP contribution in [0.5, 0.6) is 0 Å². The summed E-state index contributed by atoms with van der Waals surface area (Å²) in [6, 6.07) is 17.1. The molecule has 4 rings (SSSR count). The Morgan fingerprint density at radius 2 is 1.67 bits per heavy atom. The number of amides is 1. The van der Waals surface area contributed by atoms with E-state index in [4.69, 9.17) is 0 Å². The molecule has 2 aliphatic heterocycles. The minimum atomic E-state index is 0.343. The van der Waals surface area contributed by atoms with Crippen LogP contribution >= 0.6 is 15.9 Å². The van der Waals surface area contributed by atoms with Gasteiger partial charge in [0.2, 0.25) is 5.91 Å². The zero-order valence-corrected chi connectivity index (χ0v) is 17.3. The Kier molecular flexibility index (Phi) is 5.94. The van der Waals surface area contributed by atoms with Crippen molar-refractivity contribution in [3.63, 3.8) is 0 Å². The Bertz CT molecular complexity index is 781. The van der Waals surface area contributed by atoms with Gasteiger partial charge in [-0.15, -0.1) is 0 Å². The smallest absolute Gasteiger partial charge is 0.223 e. The first-order valence-corrected chi connectivity index (χ1v) is 10.8. The molecule has 1 amide bonds. The van der Waals surface area contributed by atoms with Gasteiger partial charge in [0.15, 0.2) is 0 Å². The van der Waals surface area contributed by atoms with Crippen LogP contribution in [-0.4, -0.2) is 35.3 Å². The predicted octanol–water partition coefficient (Wildman–Crippen LogP) is 4.64. The number of nitrogens with zero attached hydrogens (tertiary/aromatic N) is 2. The number of carbonyl (C=O) groups is 1. The van der Waals surface area contributed by atoms with Gasteiger partial charge in [0.25, 0.3) is 0 Å². The fraction of sp³-hybridized carbons (Fsp3) is 0.435. The molecule has 4 heteroatoms. The first kappa shape index (κ1) is 18.7. The number of hydrogen-bond acceptors (Lipinski definition) is 2. The van der Waals surface area contributed by atoms with Crippen molar-refractivity contribution in [3.8, 4) is 0 Å². The van der Waals surface area contributed by atoms with Crippen LogP contribution in [0.1, 0.15) is 36.0 Å². The summed E-state index contributed by atoms with van der Waals surface area (Å²) in [7, 11) is 0. The summed E-state index contributed by atoms with van der Waals surface area (Å²) < 4.78 is 1.13. The number of halogens is 1. The lowest BCUT2D eigenvalue weighted by atomic mass is 9.92. The highest BCUT2D eigenvalue weighted by Gasteiger charge is 2.26. The average molecular weight is 427 g/mol. The van der Waals surface area contributed by atoms with E-state index < -0.39 is 0 Å². The summed E-state index contributed by atoms with van der Waals surface area (Å²) in [4.78, 5) is 17.4. The Hall–Kier alpha value is -1.65. The van der Waals surface area contributed by atoms with Crippen LogP contribution in [0.3, 0.4) is 0 Å². The topological polar surface area (TPSA) is 23.6 Å². The Morgan fingerprint density at radius 3 is 2.41 bits per heavy atom. The molecule has 0 spiro atoms. The molecule has 0 atom stereocenters. The number of piperidine rings is 1. The van der Waals surface area contributed by atoms with E-state index in [2.05, 4.69) is 74.3 Å². The standard InChI is InChI=1S/C23H27BrN2O/c24-22-7-5-19(6-8-22)16-25-12-9-18(10-13-25)15-23(27)26-14-11-20-3-1-2-4-21(20)17-26/h1-8,18H,9-17H2. The van der Waals surface area contributed by atoms with E-state index in [0.717, 1.165) is 56.5 Å². The van der Waals surface area contributed by atoms with Crippen LogP contribution in [0.15, 0.2) is 53.0 Å². The maximum absolute atomic E-state index is 12.8. The van der Waals surface area contributed by atoms with E-state index in [0.29, 0.717) is 18.2 Å². The van der Waals surface area contributed by atoms with Crippen LogP contribution in [0.25, 0.3) is 0 Å². The summed E-state index contributed by atoms with van der Waals surface area (Å²) in [6.45, 7) is 4.86. The van der Waals surface area contributed by atoms with E-state index in [9.17, 15) is 4.79 Å². The molecule has 2 aromatic carbocycles. The van der Waals surface area contributed by atoms with Crippen molar-refractivity contribution in [3.05, 3.63) is 69.7 Å². The summed E-state index contributed by atoms with van der Waals surface area (Å²) in [5.74, 6) is 0.881. The molecule has 27 heavy (non-hydrogen) atoms. The fourth-order valence-corrected chi connectivity index (χ4v) is 4.55. The quantitative estimate of drug-likeness (QED) is 0.710. The molecule has 142 valence electrons. The number of likely N-dealkylation sites (tertiary alicyclic amines) is 1. The van der Waals surface area contributed by atoms with Gasteiger partial charge in [-0.05, 0) is 67.1 Å². The minimum absolute atomic E-state index is 0.343. The van der Waals surface area contributed by atoms with Gasteiger partial charge in [0.1, 0.15) is 0 Å². The third kappa shape index (κ3) is 4.80. The van der Waals surface area contributed by atoms with E-state index >= 15 is 0 Å². The summed E-state index contributed by atoms with van der Waals surface area (Å²) in [5, 5.41) is 0. The first-order chi connectivity index (χ1) is 13.2. The van der Waals surface area contributed by atoms with Crippen molar-refractivity contribution < 1.29 is 4.79 Å². The molecule has 2 aromatic rings. The number of benzene rings is 2. The van der Waals surface area contributed by atoms with Gasteiger partial charge in [0.05, 0.1) is 0 Å². The molecule has 0 saturated carbocycles. The van der Waals surface area contributed by atoms with Crippen LogP contribution in [0.4, 0.5) is 0 Å². The zero-order valence-electron chi connectivity index (χ0n) is 15.7. The maximum Gasteiger partial charge on any atom is 0.223 e. The molecule has 0 bridgehead atoms. The van der Waals surface area contributed by atoms with Gasteiger partial charge in [-0.3, -0.25) is 9.69 Å². The predicted molar refractivity (Wildman–Crippen MR) is 112 cm³/mol. The molecule has 0 aliphatic carbocycles. The normalized spacial score (nSPS) is 18.3. The number of hydrogen-bond donors (Lipinski definition) is 0. The highest BCUT2D eigenvalue weighted by atomic mass is 79.9. The molecule has 1 saturated heterocycles. The van der Waals surface area contributed by atoms with Crippen LogP contribution in [0.2, 0.25) is 0 Å². The summed E-state index contributed by atoms with van der Waals surface area (Å²) in [6.07, 6.45) is 3.97. The van der Waals surface area contributed by atoms with Gasteiger partial charge in [0, 0.05) is 30.5 Å². The lowest BCUT2D eigenvalue weighted by Gasteiger charge is -2.34. The second-order valence-electron chi connectivity index (χ2n) is 7.88. The monoisotopic (exact) mass is 426 g/mol. The lowest BCUT2D eigenvalue weighted by Crippen LogP contribution is -2.39. The Morgan fingerprint density at radius 1 is 0.963 bits per heavy atom. The van der Waals surface area contributed by atoms with Gasteiger partial charge >= 0.3 is 0 Å². The molecular weight excluding hydrogens is 400 g/mol. The second-order valence-corrected chi connectivity index (χ2v) is 8.80. The van der Waals surface area contributed by atoms with Gasteiger partial charge in [-0.1, -0.05) is 52.3 Å². The molecule has 0 aromatic heterocycles. The Balaban J connectivity index is 1.24. The van der Waals surface area contributed by atoms with Crippen molar-refractivity contribution in [2.45, 2.75) is 38.8 Å². The molecule has 0 N–H and O–H groups in total. The van der Waals surface area contributed by atoms with Crippen molar-refractivity contribution in [1.29, 1.82) is 0 Å². The number of rotatable bonds is 4. The second kappa shape index (κ2) is 8.57. The van der Waals surface area contributed by atoms with Crippen LogP contribution < -0.4 is 0 Å². The highest BCUT2D eigenvalue weighted by Crippen LogP contribution is 2.25. The van der Waals surface area contributed by atoms with E-state index in [1.165, 1.54) is 16.7 Å². The zero-order chi connectivity index (χ0) is 18.6. The third-order valence-corrected chi connectivity index (χ3v) is 6.50. The number of fused-ring (bicyclic) bond motifs is 1. The molecule has 3 nitrogen and oxygen atoms in total.